The Labute approximate surface area is 232 Å². The molecular weight excluding hydrogens is 547 g/mol. The zero-order valence-electron chi connectivity index (χ0n) is 21.3. The van der Waals surface area contributed by atoms with E-state index >= 15 is 0 Å². The SMILES string of the molecule is COc1cc2c3c(c1OC)-c1ccccc1CC3N(C(=O)c1cc[n+](Cc3ccccc3F)cc1)CC2.[Br-]. The number of halogens is 2. The third-order valence-corrected chi connectivity index (χ3v) is 7.54. The first-order chi connectivity index (χ1) is 18.1. The topological polar surface area (TPSA) is 42.7 Å². The molecule has 194 valence electrons. The van der Waals surface area contributed by atoms with Crippen molar-refractivity contribution >= 4 is 5.91 Å². The van der Waals surface area contributed by atoms with Gasteiger partial charge in [0.1, 0.15) is 5.82 Å². The molecule has 0 N–H and O–H groups in total. The Bertz CT molecular complexity index is 1510. The molecule has 0 radical (unpaired) electrons. The van der Waals surface area contributed by atoms with Crippen molar-refractivity contribution < 1.29 is 40.2 Å². The summed E-state index contributed by atoms with van der Waals surface area (Å²) < 4.78 is 27.5. The highest BCUT2D eigenvalue weighted by Crippen LogP contribution is 2.52. The number of amides is 1. The standard InChI is InChI=1S/C31H28FN2O3.BrH/c1-36-27-18-22-13-16-34(26-17-21-7-3-5-9-24(21)29(28(22)26)30(27)37-2)31(35)20-11-14-33(15-12-20)19-23-8-4-6-10-25(23)32;/h3-12,14-15,18,26H,13,16-17,19H2,1-2H3;1H/q+1;/p-1. The van der Waals surface area contributed by atoms with Crippen LogP contribution in [0.5, 0.6) is 11.5 Å². The van der Waals surface area contributed by atoms with Crippen LogP contribution in [-0.4, -0.2) is 31.6 Å². The van der Waals surface area contributed by atoms with Crippen molar-refractivity contribution in [3.8, 4) is 22.6 Å². The van der Waals surface area contributed by atoms with E-state index in [-0.39, 0.29) is 34.7 Å². The molecule has 2 heterocycles. The maximum atomic E-state index is 14.1. The summed E-state index contributed by atoms with van der Waals surface area (Å²) in [7, 11) is 3.33. The summed E-state index contributed by atoms with van der Waals surface area (Å²) in [4.78, 5) is 15.8. The Morgan fingerprint density at radius 2 is 1.74 bits per heavy atom. The van der Waals surface area contributed by atoms with Gasteiger partial charge >= 0.3 is 0 Å². The second kappa shape index (κ2) is 10.6. The average molecular weight is 575 g/mol. The van der Waals surface area contributed by atoms with Gasteiger partial charge in [-0.25, -0.2) is 8.96 Å². The van der Waals surface area contributed by atoms with E-state index in [2.05, 4.69) is 18.2 Å². The van der Waals surface area contributed by atoms with Crippen LogP contribution >= 0.6 is 0 Å². The minimum atomic E-state index is -0.234. The summed E-state index contributed by atoms with van der Waals surface area (Å²) in [5.74, 6) is 1.19. The third-order valence-electron chi connectivity index (χ3n) is 7.54. The highest BCUT2D eigenvalue weighted by atomic mass is 79.9. The molecule has 0 saturated heterocycles. The molecule has 0 spiro atoms. The second-order valence-electron chi connectivity index (χ2n) is 9.54. The van der Waals surface area contributed by atoms with Crippen LogP contribution in [0.3, 0.4) is 0 Å². The fraction of sp³-hybridized carbons (Fsp3) is 0.226. The summed E-state index contributed by atoms with van der Waals surface area (Å²) in [5, 5.41) is 0. The fourth-order valence-electron chi connectivity index (χ4n) is 5.77. The third kappa shape index (κ3) is 4.35. The van der Waals surface area contributed by atoms with Gasteiger partial charge in [-0.05, 0) is 53.3 Å². The van der Waals surface area contributed by atoms with Crippen molar-refractivity contribution in [3.05, 3.63) is 113 Å². The van der Waals surface area contributed by atoms with E-state index in [0.29, 0.717) is 35.7 Å². The zero-order valence-corrected chi connectivity index (χ0v) is 22.9. The number of methoxy groups -OCH3 is 2. The molecule has 0 saturated carbocycles. The largest absolute Gasteiger partial charge is 1.00 e. The van der Waals surface area contributed by atoms with E-state index in [0.717, 1.165) is 29.5 Å². The number of hydrogen-bond acceptors (Lipinski definition) is 3. The van der Waals surface area contributed by atoms with Crippen LogP contribution in [0, 0.1) is 5.82 Å². The minimum Gasteiger partial charge on any atom is -1.00 e. The fourth-order valence-corrected chi connectivity index (χ4v) is 5.77. The second-order valence-corrected chi connectivity index (χ2v) is 9.54. The molecule has 1 atom stereocenters. The predicted molar refractivity (Wildman–Crippen MR) is 138 cm³/mol. The average Bonchev–Trinajstić information content (AvgIpc) is 2.94. The van der Waals surface area contributed by atoms with E-state index in [1.807, 2.05) is 52.2 Å². The van der Waals surface area contributed by atoms with Gasteiger partial charge in [-0.1, -0.05) is 36.4 Å². The molecule has 4 aromatic rings. The molecule has 1 aliphatic heterocycles. The van der Waals surface area contributed by atoms with Crippen molar-refractivity contribution in [3.63, 3.8) is 0 Å². The van der Waals surface area contributed by atoms with E-state index in [1.54, 1.807) is 26.4 Å². The van der Waals surface area contributed by atoms with Crippen LogP contribution in [0.1, 0.15) is 38.7 Å². The van der Waals surface area contributed by atoms with Crippen molar-refractivity contribution in [2.45, 2.75) is 25.4 Å². The molecular formula is C31H28BrFN2O3. The Morgan fingerprint density at radius 1 is 1.00 bits per heavy atom. The van der Waals surface area contributed by atoms with E-state index in [4.69, 9.17) is 9.47 Å². The van der Waals surface area contributed by atoms with Gasteiger partial charge in [-0.15, -0.1) is 0 Å². The number of nitrogens with zero attached hydrogens (tertiary/aromatic N) is 2. The summed E-state index contributed by atoms with van der Waals surface area (Å²) in [6.45, 7) is 1.03. The summed E-state index contributed by atoms with van der Waals surface area (Å²) in [6, 6.07) is 20.7. The van der Waals surface area contributed by atoms with E-state index in [9.17, 15) is 9.18 Å². The number of pyridine rings is 1. The number of aromatic nitrogens is 1. The van der Waals surface area contributed by atoms with E-state index in [1.165, 1.54) is 17.2 Å². The lowest BCUT2D eigenvalue weighted by molar-refractivity contribution is -0.688. The number of benzene rings is 3. The molecule has 3 aromatic carbocycles. The van der Waals surface area contributed by atoms with Gasteiger partial charge in [0.2, 0.25) is 0 Å². The Kier molecular flexibility index (Phi) is 7.21. The van der Waals surface area contributed by atoms with Crippen molar-refractivity contribution in [2.24, 2.45) is 0 Å². The van der Waals surface area contributed by atoms with Crippen molar-refractivity contribution in [2.75, 3.05) is 20.8 Å². The molecule has 38 heavy (non-hydrogen) atoms. The number of carbonyl (C=O) groups is 1. The summed E-state index contributed by atoms with van der Waals surface area (Å²) in [5.41, 5.74) is 6.93. The monoisotopic (exact) mass is 574 g/mol. The maximum Gasteiger partial charge on any atom is 0.254 e. The highest BCUT2D eigenvalue weighted by molar-refractivity contribution is 5.95. The van der Waals surface area contributed by atoms with Crippen LogP contribution in [0.25, 0.3) is 11.1 Å². The Balaban J connectivity index is 0.00000294. The van der Waals surface area contributed by atoms with Gasteiger partial charge in [0, 0.05) is 24.2 Å². The number of fused-ring (bicyclic) bond motifs is 2. The molecule has 7 heteroatoms. The zero-order chi connectivity index (χ0) is 25.5. The number of hydrogen-bond donors (Lipinski definition) is 0. The smallest absolute Gasteiger partial charge is 0.254 e. The molecule has 1 aliphatic carbocycles. The molecule has 2 aliphatic rings. The Morgan fingerprint density at radius 3 is 2.47 bits per heavy atom. The predicted octanol–water partition coefficient (Wildman–Crippen LogP) is 2.15. The lowest BCUT2D eigenvalue weighted by Gasteiger charge is -2.42. The molecule has 1 amide bonds. The normalized spacial score (nSPS) is 15.1. The van der Waals surface area contributed by atoms with Gasteiger partial charge in [-0.2, -0.15) is 0 Å². The van der Waals surface area contributed by atoms with Crippen LogP contribution in [0.4, 0.5) is 4.39 Å². The van der Waals surface area contributed by atoms with Gasteiger partial charge in [0.15, 0.2) is 30.4 Å². The molecule has 5 nitrogen and oxygen atoms in total. The summed E-state index contributed by atoms with van der Waals surface area (Å²) in [6.07, 6.45) is 5.17. The van der Waals surface area contributed by atoms with Gasteiger partial charge in [0.05, 0.1) is 31.4 Å². The molecule has 0 bridgehead atoms. The quantitative estimate of drug-likeness (QED) is 0.343. The number of ether oxygens (including phenoxy) is 2. The molecule has 1 aromatic heterocycles. The van der Waals surface area contributed by atoms with Crippen LogP contribution in [-0.2, 0) is 19.4 Å². The minimum absolute atomic E-state index is 0. The Hall–Kier alpha value is -3.71. The molecule has 1 unspecified atom stereocenters. The van der Waals surface area contributed by atoms with Gasteiger partial charge in [0.25, 0.3) is 5.91 Å². The van der Waals surface area contributed by atoms with Crippen LogP contribution in [0.15, 0.2) is 79.1 Å². The van der Waals surface area contributed by atoms with Gasteiger partial charge < -0.3 is 31.4 Å². The maximum absolute atomic E-state index is 14.1. The highest BCUT2D eigenvalue weighted by Gasteiger charge is 2.39. The molecule has 0 fully saturated rings. The lowest BCUT2D eigenvalue weighted by atomic mass is 9.76. The number of rotatable bonds is 5. The van der Waals surface area contributed by atoms with Crippen molar-refractivity contribution in [1.82, 2.24) is 4.90 Å². The molecule has 6 rings (SSSR count). The first-order valence-corrected chi connectivity index (χ1v) is 12.5. The first kappa shape index (κ1) is 25.9. The van der Waals surface area contributed by atoms with Gasteiger partial charge in [-0.3, -0.25) is 4.79 Å². The first-order valence-electron chi connectivity index (χ1n) is 12.5. The van der Waals surface area contributed by atoms with Crippen molar-refractivity contribution in [1.29, 1.82) is 0 Å². The van der Waals surface area contributed by atoms with Crippen LogP contribution in [0.2, 0.25) is 0 Å². The van der Waals surface area contributed by atoms with Crippen LogP contribution < -0.4 is 31.0 Å². The lowest BCUT2D eigenvalue weighted by Crippen LogP contribution is -3.00. The van der Waals surface area contributed by atoms with E-state index < -0.39 is 0 Å². The number of carbonyl (C=O) groups excluding carboxylic acids is 1. The summed E-state index contributed by atoms with van der Waals surface area (Å²) >= 11 is 0.